The number of alkyl halides is 3. The highest BCUT2D eigenvalue weighted by atomic mass is 19.4. The lowest BCUT2D eigenvalue weighted by molar-refractivity contribution is -0.202. The fourth-order valence-corrected chi connectivity index (χ4v) is 5.80. The maximum atomic E-state index is 14.0. The molecule has 0 bridgehead atoms. The predicted molar refractivity (Wildman–Crippen MR) is 184 cm³/mol. The van der Waals surface area contributed by atoms with Crippen LogP contribution in [-0.4, -0.2) is 66.3 Å². The van der Waals surface area contributed by atoms with Gasteiger partial charge in [0.2, 0.25) is 17.7 Å². The van der Waals surface area contributed by atoms with Gasteiger partial charge < -0.3 is 37.5 Å². The number of nitrogens with two attached hydrogens (primary N) is 2. The third-order valence-corrected chi connectivity index (χ3v) is 8.58. The fraction of sp³-hybridized carbons (Fsp3) is 0.457. The summed E-state index contributed by atoms with van der Waals surface area (Å²) >= 11 is 0. The van der Waals surface area contributed by atoms with Gasteiger partial charge in [-0.15, -0.1) is 0 Å². The van der Waals surface area contributed by atoms with E-state index in [2.05, 4.69) is 26.0 Å². The van der Waals surface area contributed by atoms with Crippen molar-refractivity contribution in [2.75, 3.05) is 6.54 Å². The van der Waals surface area contributed by atoms with Crippen LogP contribution in [-0.2, 0) is 41.7 Å². The van der Waals surface area contributed by atoms with Crippen molar-refractivity contribution in [3.05, 3.63) is 71.3 Å². The number of carbonyl (C=O) groups excluding carboxylic acids is 5. The number of rotatable bonds is 17. The minimum Gasteiger partial charge on any atom is -0.385 e. The van der Waals surface area contributed by atoms with E-state index in [1.807, 2.05) is 6.07 Å². The van der Waals surface area contributed by atoms with Crippen molar-refractivity contribution in [1.29, 1.82) is 10.8 Å². The first-order valence-corrected chi connectivity index (χ1v) is 16.9. The van der Waals surface area contributed by atoms with Crippen LogP contribution in [0.4, 0.5) is 13.2 Å². The van der Waals surface area contributed by atoms with Crippen LogP contribution in [0.2, 0.25) is 0 Å². The molecule has 1 fully saturated rings. The molecule has 282 valence electrons. The van der Waals surface area contributed by atoms with Crippen molar-refractivity contribution >= 4 is 41.5 Å². The summed E-state index contributed by atoms with van der Waals surface area (Å²) in [6, 6.07) is 12.3. The van der Waals surface area contributed by atoms with Crippen LogP contribution in [0.1, 0.15) is 68.1 Å². The molecule has 1 saturated carbocycles. The molecule has 0 saturated heterocycles. The Balaban J connectivity index is 1.87. The number of nitrogens with one attached hydrogen (secondary N) is 6. The van der Waals surface area contributed by atoms with E-state index in [9.17, 15) is 37.1 Å². The van der Waals surface area contributed by atoms with Crippen molar-refractivity contribution in [3.63, 3.8) is 0 Å². The average Bonchev–Trinajstić information content (AvgIpc) is 3.10. The standard InChI is InChI=1S/C35H45F3N8O6/c36-35(37,38)33(51)52-32(50)26(12-7-17-43-34(41)42)45-31(49)27(19-21-8-3-1-4-9-21)46-30(48)25(18-22-13-15-24(16-14-22)28(39)40)29(47)44-20-23-10-5-2-6-11-23/h2,5-6,10-11,13-16,21,25-27H,1,3-4,7-9,12,17-20H2,(H3,39,40)(H,44,47)(H,45,49)(H,46,48)(H4,41,42,43)/t25?,26-,27-/m0/s1. The van der Waals surface area contributed by atoms with Gasteiger partial charge in [-0.25, -0.2) is 9.59 Å². The van der Waals surface area contributed by atoms with E-state index in [1.165, 1.54) is 0 Å². The fourth-order valence-electron chi connectivity index (χ4n) is 5.80. The number of amidine groups is 1. The molecule has 52 heavy (non-hydrogen) atoms. The molecule has 3 atom stereocenters. The highest BCUT2D eigenvalue weighted by molar-refractivity contribution is 6.02. The van der Waals surface area contributed by atoms with E-state index in [4.69, 9.17) is 22.3 Å². The normalized spacial score (nSPS) is 14.9. The van der Waals surface area contributed by atoms with E-state index in [1.54, 1.807) is 48.5 Å². The minimum atomic E-state index is -5.47. The number of esters is 2. The van der Waals surface area contributed by atoms with Crippen LogP contribution in [0, 0.1) is 22.7 Å². The highest BCUT2D eigenvalue weighted by Crippen LogP contribution is 2.28. The minimum absolute atomic E-state index is 0.0115. The molecule has 17 heteroatoms. The van der Waals surface area contributed by atoms with Crippen LogP contribution >= 0.6 is 0 Å². The molecule has 3 amide bonds. The van der Waals surface area contributed by atoms with Crippen LogP contribution in [0.15, 0.2) is 54.6 Å². The molecule has 0 aromatic heterocycles. The Labute approximate surface area is 299 Å². The van der Waals surface area contributed by atoms with Gasteiger partial charge in [0.25, 0.3) is 0 Å². The van der Waals surface area contributed by atoms with E-state index in [-0.39, 0.29) is 50.5 Å². The summed E-state index contributed by atoms with van der Waals surface area (Å²) in [5.41, 5.74) is 12.6. The zero-order valence-electron chi connectivity index (χ0n) is 28.5. The van der Waals surface area contributed by atoms with E-state index < -0.39 is 59.8 Å². The number of nitrogen functional groups attached to an aromatic ring is 1. The molecule has 0 spiro atoms. The molecule has 2 aromatic rings. The molecule has 10 N–H and O–H groups in total. The SMILES string of the molecule is N=C(N)NCCC[C@H](NC(=O)[C@H](CC1CCCCC1)NC(=O)C(Cc1ccc(C(=N)N)cc1)C(=O)NCc1ccccc1)C(=O)OC(=O)C(F)(F)F. The zero-order chi connectivity index (χ0) is 38.3. The number of hydrogen-bond acceptors (Lipinski definition) is 8. The van der Waals surface area contributed by atoms with Crippen molar-refractivity contribution in [1.82, 2.24) is 21.3 Å². The Morgan fingerprint density at radius 1 is 0.808 bits per heavy atom. The maximum Gasteiger partial charge on any atom is 0.491 e. The van der Waals surface area contributed by atoms with Gasteiger partial charge in [-0.3, -0.25) is 25.2 Å². The summed E-state index contributed by atoms with van der Waals surface area (Å²) < 4.78 is 42.8. The van der Waals surface area contributed by atoms with Gasteiger partial charge in [0.05, 0.1) is 0 Å². The monoisotopic (exact) mass is 730 g/mol. The van der Waals surface area contributed by atoms with Gasteiger partial charge in [0.15, 0.2) is 5.96 Å². The summed E-state index contributed by atoms with van der Waals surface area (Å²) in [5.74, 6) is -8.73. The third kappa shape index (κ3) is 13.7. The molecule has 0 heterocycles. The summed E-state index contributed by atoms with van der Waals surface area (Å²) in [7, 11) is 0. The first-order valence-electron chi connectivity index (χ1n) is 16.9. The van der Waals surface area contributed by atoms with Gasteiger partial charge in [0, 0.05) is 18.7 Å². The van der Waals surface area contributed by atoms with E-state index in [0.29, 0.717) is 11.1 Å². The molecule has 3 rings (SSSR count). The predicted octanol–water partition coefficient (Wildman–Crippen LogP) is 2.28. The number of carbonyl (C=O) groups is 5. The van der Waals surface area contributed by atoms with Crippen molar-refractivity contribution in [2.45, 2.75) is 82.6 Å². The van der Waals surface area contributed by atoms with Crippen LogP contribution in [0.5, 0.6) is 0 Å². The summed E-state index contributed by atoms with van der Waals surface area (Å²) in [4.78, 5) is 65.6. The summed E-state index contributed by atoms with van der Waals surface area (Å²) in [6.45, 7) is 0.120. The highest BCUT2D eigenvalue weighted by Gasteiger charge is 2.44. The third-order valence-electron chi connectivity index (χ3n) is 8.58. The summed E-state index contributed by atoms with van der Waals surface area (Å²) in [6.07, 6.45) is -1.51. The number of guanidine groups is 1. The Morgan fingerprint density at radius 2 is 1.44 bits per heavy atom. The number of ether oxygens (including phenoxy) is 1. The Hall–Kier alpha value is -5.48. The van der Waals surface area contributed by atoms with Crippen molar-refractivity contribution in [2.24, 2.45) is 23.3 Å². The largest absolute Gasteiger partial charge is 0.491 e. The lowest BCUT2D eigenvalue weighted by Crippen LogP contribution is -2.55. The number of amides is 3. The molecule has 0 aliphatic heterocycles. The Morgan fingerprint density at radius 3 is 2.04 bits per heavy atom. The lowest BCUT2D eigenvalue weighted by Gasteiger charge is -2.29. The smallest absolute Gasteiger partial charge is 0.385 e. The van der Waals surface area contributed by atoms with Gasteiger partial charge in [-0.2, -0.15) is 13.2 Å². The lowest BCUT2D eigenvalue weighted by atomic mass is 9.84. The molecular formula is C35H45F3N8O6. The van der Waals surface area contributed by atoms with Crippen molar-refractivity contribution < 1.29 is 41.9 Å². The van der Waals surface area contributed by atoms with Gasteiger partial charge in [-0.1, -0.05) is 86.7 Å². The maximum absolute atomic E-state index is 14.0. The number of hydrogen-bond donors (Lipinski definition) is 8. The van der Waals surface area contributed by atoms with Crippen molar-refractivity contribution in [3.8, 4) is 0 Å². The van der Waals surface area contributed by atoms with Gasteiger partial charge >= 0.3 is 18.1 Å². The molecule has 14 nitrogen and oxygen atoms in total. The second kappa shape index (κ2) is 19.8. The topological polar surface area (TPSA) is 242 Å². The number of halogens is 3. The summed E-state index contributed by atoms with van der Waals surface area (Å²) in [5, 5.41) is 25.1. The average molecular weight is 731 g/mol. The Bertz CT molecular complexity index is 1570. The quantitative estimate of drug-likeness (QED) is 0.0391. The Kier molecular flexibility index (Phi) is 15.6. The molecule has 1 unspecified atom stereocenters. The first-order chi connectivity index (χ1) is 24.6. The van der Waals surface area contributed by atoms with E-state index >= 15 is 0 Å². The number of benzene rings is 2. The second-order valence-corrected chi connectivity index (χ2v) is 12.6. The molecular weight excluding hydrogens is 685 g/mol. The van der Waals surface area contributed by atoms with Gasteiger partial charge in [0.1, 0.15) is 23.8 Å². The van der Waals surface area contributed by atoms with E-state index in [0.717, 1.165) is 37.7 Å². The van der Waals surface area contributed by atoms with Crippen LogP contribution in [0.3, 0.4) is 0 Å². The van der Waals surface area contributed by atoms with Crippen LogP contribution < -0.4 is 32.7 Å². The second-order valence-electron chi connectivity index (χ2n) is 12.6. The molecule has 0 radical (unpaired) electrons. The first kappa shape index (κ1) is 40.9. The molecule has 1 aliphatic carbocycles. The zero-order valence-corrected chi connectivity index (χ0v) is 28.5. The van der Waals surface area contributed by atoms with Crippen LogP contribution in [0.25, 0.3) is 0 Å². The molecule has 1 aliphatic rings. The molecule has 2 aromatic carbocycles. The van der Waals surface area contributed by atoms with Gasteiger partial charge in [-0.05, 0) is 42.7 Å².